The van der Waals surface area contributed by atoms with Gasteiger partial charge in [0.1, 0.15) is 5.57 Å². The molecule has 1 fully saturated rings. The highest BCUT2D eigenvalue weighted by atomic mass is 32.1. The van der Waals surface area contributed by atoms with Gasteiger partial charge in [-0.05, 0) is 87.9 Å². The van der Waals surface area contributed by atoms with Gasteiger partial charge in [-0.3, -0.25) is 20.2 Å². The van der Waals surface area contributed by atoms with Crippen LogP contribution in [0.25, 0.3) is 27.6 Å². The van der Waals surface area contributed by atoms with Gasteiger partial charge >= 0.3 is 0 Å². The van der Waals surface area contributed by atoms with Gasteiger partial charge in [-0.15, -0.1) is 0 Å². The van der Waals surface area contributed by atoms with Gasteiger partial charge in [0.05, 0.1) is 0 Å². The molecule has 178 valence electrons. The maximum absolute atomic E-state index is 12.2. The Labute approximate surface area is 219 Å². The zero-order chi connectivity index (χ0) is 25.4. The van der Waals surface area contributed by atoms with Crippen LogP contribution in [0, 0.1) is 0 Å². The quantitative estimate of drug-likeness (QED) is 0.171. The third-order valence-corrected chi connectivity index (χ3v) is 6.57. The standard InChI is InChI=1S/C31H21N3O2S/c35-29-28(30(36)33-31(37)32-29)17-20-10-11-24-19-27(15-13-23(24)16-20)34(25-8-2-1-3-9-25)26-14-12-21-6-4-5-7-22(21)18-26/h1-19H,(H2,32,33,35,36,37). The maximum atomic E-state index is 12.2. The second kappa shape index (κ2) is 9.33. The van der Waals surface area contributed by atoms with E-state index in [4.69, 9.17) is 12.2 Å². The van der Waals surface area contributed by atoms with Gasteiger partial charge in [0, 0.05) is 17.1 Å². The molecule has 0 bridgehead atoms. The van der Waals surface area contributed by atoms with Gasteiger partial charge < -0.3 is 4.90 Å². The number of benzene rings is 5. The van der Waals surface area contributed by atoms with E-state index in [1.54, 1.807) is 6.08 Å². The Balaban J connectivity index is 1.41. The van der Waals surface area contributed by atoms with Crippen molar-refractivity contribution in [2.75, 3.05) is 4.90 Å². The molecule has 5 aromatic rings. The van der Waals surface area contributed by atoms with Crippen LogP contribution in [0.3, 0.4) is 0 Å². The summed E-state index contributed by atoms with van der Waals surface area (Å²) in [6, 6.07) is 37.2. The van der Waals surface area contributed by atoms with Gasteiger partial charge in [0.15, 0.2) is 5.11 Å². The first-order valence-electron chi connectivity index (χ1n) is 11.8. The average Bonchev–Trinajstić information content (AvgIpc) is 2.91. The summed E-state index contributed by atoms with van der Waals surface area (Å²) in [6.07, 6.45) is 1.57. The van der Waals surface area contributed by atoms with Crippen molar-refractivity contribution >= 4 is 73.8 Å². The number of amides is 2. The SMILES string of the molecule is O=C1NC(=S)NC(=O)C1=Cc1ccc2cc(N(c3ccccc3)c3ccc4ccccc4c3)ccc2c1. The van der Waals surface area contributed by atoms with Crippen molar-refractivity contribution in [3.63, 3.8) is 0 Å². The Bertz CT molecular complexity index is 1720. The summed E-state index contributed by atoms with van der Waals surface area (Å²) in [5.41, 5.74) is 3.93. The summed E-state index contributed by atoms with van der Waals surface area (Å²) in [7, 11) is 0. The predicted octanol–water partition coefficient (Wildman–Crippen LogP) is 6.38. The lowest BCUT2D eigenvalue weighted by molar-refractivity contribution is -0.123. The maximum Gasteiger partial charge on any atom is 0.263 e. The zero-order valence-electron chi connectivity index (χ0n) is 19.6. The minimum absolute atomic E-state index is 0.0209. The summed E-state index contributed by atoms with van der Waals surface area (Å²) in [5.74, 6) is -1.00. The molecule has 1 aliphatic rings. The van der Waals surface area contributed by atoms with Crippen molar-refractivity contribution in [2.45, 2.75) is 0 Å². The van der Waals surface area contributed by atoms with Crippen molar-refractivity contribution in [3.8, 4) is 0 Å². The van der Waals surface area contributed by atoms with Crippen LogP contribution in [0.2, 0.25) is 0 Å². The Morgan fingerprint density at radius 1 is 0.568 bits per heavy atom. The molecule has 5 aromatic carbocycles. The van der Waals surface area contributed by atoms with Crippen LogP contribution < -0.4 is 15.5 Å². The lowest BCUT2D eigenvalue weighted by Gasteiger charge is -2.26. The molecule has 6 heteroatoms. The Morgan fingerprint density at radius 3 is 1.81 bits per heavy atom. The minimum Gasteiger partial charge on any atom is -0.310 e. The number of para-hydroxylation sites is 1. The first kappa shape index (κ1) is 22.6. The fraction of sp³-hybridized carbons (Fsp3) is 0. The van der Waals surface area contributed by atoms with Crippen LogP contribution in [0.5, 0.6) is 0 Å². The molecule has 1 aliphatic heterocycles. The Morgan fingerprint density at radius 2 is 1.11 bits per heavy atom. The fourth-order valence-electron chi connectivity index (χ4n) is 4.59. The average molecular weight is 500 g/mol. The van der Waals surface area contributed by atoms with E-state index < -0.39 is 11.8 Å². The highest BCUT2D eigenvalue weighted by Gasteiger charge is 2.25. The number of anilines is 3. The largest absolute Gasteiger partial charge is 0.310 e. The second-order valence-electron chi connectivity index (χ2n) is 8.79. The van der Waals surface area contributed by atoms with Crippen LogP contribution in [-0.2, 0) is 9.59 Å². The molecule has 0 saturated carbocycles. The lowest BCUT2D eigenvalue weighted by atomic mass is 10.0. The van der Waals surface area contributed by atoms with E-state index in [0.717, 1.165) is 33.4 Å². The summed E-state index contributed by atoms with van der Waals surface area (Å²) in [5, 5.41) is 9.36. The molecule has 0 atom stereocenters. The molecule has 0 unspecified atom stereocenters. The monoisotopic (exact) mass is 499 g/mol. The summed E-state index contributed by atoms with van der Waals surface area (Å²) in [6.45, 7) is 0. The molecule has 0 radical (unpaired) electrons. The van der Waals surface area contributed by atoms with Crippen LogP contribution in [0.1, 0.15) is 5.56 Å². The molecule has 1 heterocycles. The highest BCUT2D eigenvalue weighted by molar-refractivity contribution is 7.80. The van der Waals surface area contributed by atoms with Gasteiger partial charge in [0.25, 0.3) is 11.8 Å². The van der Waals surface area contributed by atoms with Crippen LogP contribution in [0.4, 0.5) is 17.1 Å². The van der Waals surface area contributed by atoms with Crippen LogP contribution in [0.15, 0.2) is 115 Å². The number of nitrogens with zero attached hydrogens (tertiary/aromatic N) is 1. The predicted molar refractivity (Wildman–Crippen MR) is 153 cm³/mol. The molecular weight excluding hydrogens is 478 g/mol. The molecule has 2 amide bonds. The number of nitrogens with one attached hydrogen (secondary N) is 2. The molecule has 1 saturated heterocycles. The minimum atomic E-state index is -0.502. The molecule has 6 rings (SSSR count). The van der Waals surface area contributed by atoms with E-state index in [1.165, 1.54) is 10.8 Å². The van der Waals surface area contributed by atoms with Crippen molar-refractivity contribution in [2.24, 2.45) is 0 Å². The van der Waals surface area contributed by atoms with E-state index in [9.17, 15) is 9.59 Å². The second-order valence-corrected chi connectivity index (χ2v) is 9.20. The molecule has 5 nitrogen and oxygen atoms in total. The third-order valence-electron chi connectivity index (χ3n) is 6.37. The topological polar surface area (TPSA) is 61.4 Å². The third kappa shape index (κ3) is 4.46. The Kier molecular flexibility index (Phi) is 5.71. The number of carbonyl (C=O) groups excluding carboxylic acids is 2. The van der Waals surface area contributed by atoms with E-state index in [0.29, 0.717) is 0 Å². The number of hydrogen-bond acceptors (Lipinski definition) is 4. The molecule has 0 aromatic heterocycles. The van der Waals surface area contributed by atoms with Gasteiger partial charge in [0.2, 0.25) is 0 Å². The first-order valence-corrected chi connectivity index (χ1v) is 12.2. The number of hydrogen-bond donors (Lipinski definition) is 2. The fourth-order valence-corrected chi connectivity index (χ4v) is 4.78. The molecule has 0 aliphatic carbocycles. The number of fused-ring (bicyclic) bond motifs is 2. The van der Waals surface area contributed by atoms with E-state index >= 15 is 0 Å². The normalized spacial score (nSPS) is 13.4. The smallest absolute Gasteiger partial charge is 0.263 e. The number of carbonyl (C=O) groups is 2. The van der Waals surface area contributed by atoms with Crippen LogP contribution >= 0.6 is 12.2 Å². The van der Waals surface area contributed by atoms with E-state index in [1.807, 2.05) is 42.5 Å². The van der Waals surface area contributed by atoms with Crippen LogP contribution in [-0.4, -0.2) is 16.9 Å². The molecule has 2 N–H and O–H groups in total. The number of rotatable bonds is 4. The molecule has 37 heavy (non-hydrogen) atoms. The van der Waals surface area contributed by atoms with E-state index in [-0.39, 0.29) is 10.7 Å². The van der Waals surface area contributed by atoms with Gasteiger partial charge in [-0.1, -0.05) is 66.7 Å². The van der Waals surface area contributed by atoms with Crippen molar-refractivity contribution in [1.82, 2.24) is 10.6 Å². The van der Waals surface area contributed by atoms with Gasteiger partial charge in [-0.25, -0.2) is 0 Å². The van der Waals surface area contributed by atoms with Crippen molar-refractivity contribution in [3.05, 3.63) is 120 Å². The summed E-state index contributed by atoms with van der Waals surface area (Å²) >= 11 is 4.87. The number of thiocarbonyl (C=S) groups is 1. The zero-order valence-corrected chi connectivity index (χ0v) is 20.5. The van der Waals surface area contributed by atoms with Crippen molar-refractivity contribution < 1.29 is 9.59 Å². The highest BCUT2D eigenvalue weighted by Crippen LogP contribution is 2.37. The summed E-state index contributed by atoms with van der Waals surface area (Å²) < 4.78 is 0. The lowest BCUT2D eigenvalue weighted by Crippen LogP contribution is -2.51. The molecular formula is C31H21N3O2S. The first-order chi connectivity index (χ1) is 18.0. The summed E-state index contributed by atoms with van der Waals surface area (Å²) in [4.78, 5) is 26.7. The Hall–Kier alpha value is -4.81. The molecule has 0 spiro atoms. The van der Waals surface area contributed by atoms with Gasteiger partial charge in [-0.2, -0.15) is 0 Å². The van der Waals surface area contributed by atoms with E-state index in [2.05, 4.69) is 82.3 Å². The van der Waals surface area contributed by atoms with Crippen molar-refractivity contribution in [1.29, 1.82) is 0 Å².